The minimum atomic E-state index is -1.32. The summed E-state index contributed by atoms with van der Waals surface area (Å²) in [6.07, 6.45) is 0. The first kappa shape index (κ1) is 17.2. The second kappa shape index (κ2) is 6.55. The molecule has 0 bridgehead atoms. The van der Waals surface area contributed by atoms with E-state index in [9.17, 15) is 0 Å². The lowest BCUT2D eigenvalue weighted by Crippen LogP contribution is -2.47. The maximum Gasteiger partial charge on any atom is 0.0803 e. The van der Waals surface area contributed by atoms with Gasteiger partial charge in [-0.2, -0.15) is 0 Å². The predicted molar refractivity (Wildman–Crippen MR) is 106 cm³/mol. The summed E-state index contributed by atoms with van der Waals surface area (Å²) in [7, 11) is -2.64. The Kier molecular flexibility index (Phi) is 5.13. The fourth-order valence-electron chi connectivity index (χ4n) is 2.92. The van der Waals surface area contributed by atoms with Crippen LogP contribution in [0.3, 0.4) is 0 Å². The lowest BCUT2D eigenvalue weighted by molar-refractivity contribution is 1.29. The third-order valence-electron chi connectivity index (χ3n) is 5.04. The SMILES string of the molecule is Cc1ccc([Si](C)(C)CC[Si](C)(C)c2ccc(C)cc2)cc1. The van der Waals surface area contributed by atoms with Gasteiger partial charge in [-0.05, 0) is 13.8 Å². The zero-order valence-corrected chi connectivity index (χ0v) is 17.0. The van der Waals surface area contributed by atoms with Crippen molar-refractivity contribution in [3.05, 3.63) is 59.7 Å². The third kappa shape index (κ3) is 4.20. The van der Waals surface area contributed by atoms with Crippen LogP contribution in [0.25, 0.3) is 0 Å². The maximum absolute atomic E-state index is 2.53. The molecular weight excluding hydrogens is 296 g/mol. The van der Waals surface area contributed by atoms with Crippen molar-refractivity contribution in [3.8, 4) is 0 Å². The van der Waals surface area contributed by atoms with E-state index in [1.807, 2.05) is 0 Å². The quantitative estimate of drug-likeness (QED) is 0.690. The van der Waals surface area contributed by atoms with Crippen molar-refractivity contribution >= 4 is 26.5 Å². The molecule has 0 aromatic heterocycles. The first-order chi connectivity index (χ1) is 10.2. The average Bonchev–Trinajstić information content (AvgIpc) is 2.46. The monoisotopic (exact) mass is 326 g/mol. The number of hydrogen-bond donors (Lipinski definition) is 0. The van der Waals surface area contributed by atoms with E-state index in [1.54, 1.807) is 10.4 Å². The van der Waals surface area contributed by atoms with Crippen LogP contribution in [0.15, 0.2) is 48.5 Å². The van der Waals surface area contributed by atoms with E-state index >= 15 is 0 Å². The molecular formula is C20H30Si2. The minimum Gasteiger partial charge on any atom is -0.0654 e. The van der Waals surface area contributed by atoms with Crippen molar-refractivity contribution in [2.45, 2.75) is 52.1 Å². The summed E-state index contributed by atoms with van der Waals surface area (Å²) in [5, 5.41) is 3.21. The molecule has 0 heterocycles. The van der Waals surface area contributed by atoms with Gasteiger partial charge in [-0.25, -0.2) is 0 Å². The van der Waals surface area contributed by atoms with Crippen LogP contribution >= 0.6 is 0 Å². The molecule has 118 valence electrons. The number of aryl methyl sites for hydroxylation is 2. The van der Waals surface area contributed by atoms with Crippen LogP contribution in [0.1, 0.15) is 11.1 Å². The van der Waals surface area contributed by atoms with Gasteiger partial charge in [0, 0.05) is 0 Å². The van der Waals surface area contributed by atoms with Gasteiger partial charge in [0.25, 0.3) is 0 Å². The van der Waals surface area contributed by atoms with Crippen LogP contribution in [0.2, 0.25) is 38.3 Å². The second-order valence-corrected chi connectivity index (χ2v) is 17.7. The Labute approximate surface area is 138 Å². The molecule has 0 amide bonds. The van der Waals surface area contributed by atoms with Crippen LogP contribution in [0, 0.1) is 13.8 Å². The smallest absolute Gasteiger partial charge is 0.0654 e. The highest BCUT2D eigenvalue weighted by atomic mass is 28.3. The van der Waals surface area contributed by atoms with Gasteiger partial charge in [-0.3, -0.25) is 0 Å². The van der Waals surface area contributed by atoms with Crippen molar-refractivity contribution in [2.24, 2.45) is 0 Å². The molecule has 0 spiro atoms. The van der Waals surface area contributed by atoms with E-state index in [1.165, 1.54) is 23.2 Å². The highest BCUT2D eigenvalue weighted by molar-refractivity contribution is 6.94. The van der Waals surface area contributed by atoms with Gasteiger partial charge in [0.05, 0.1) is 16.1 Å². The molecule has 2 heteroatoms. The molecule has 2 aromatic carbocycles. The molecule has 0 aliphatic heterocycles. The Bertz CT molecular complexity index is 550. The van der Waals surface area contributed by atoms with E-state index in [2.05, 4.69) is 88.6 Å². The highest BCUT2D eigenvalue weighted by Crippen LogP contribution is 2.21. The molecule has 0 atom stereocenters. The fourth-order valence-corrected chi connectivity index (χ4v) is 10.6. The van der Waals surface area contributed by atoms with Crippen molar-refractivity contribution in [2.75, 3.05) is 0 Å². The molecule has 0 N–H and O–H groups in total. The van der Waals surface area contributed by atoms with Gasteiger partial charge in [0.2, 0.25) is 0 Å². The van der Waals surface area contributed by atoms with E-state index in [4.69, 9.17) is 0 Å². The standard InChI is InChI=1S/C20H30Si2/c1-17-7-11-19(12-8-17)21(3,4)15-16-22(5,6)20-13-9-18(2)10-14-20/h7-14H,15-16H2,1-6H3. The number of hydrogen-bond acceptors (Lipinski definition) is 0. The summed E-state index contributed by atoms with van der Waals surface area (Å²) in [5.74, 6) is 0. The fraction of sp³-hybridized carbons (Fsp3) is 0.400. The molecule has 0 saturated carbocycles. The van der Waals surface area contributed by atoms with Crippen molar-refractivity contribution in [1.82, 2.24) is 0 Å². The van der Waals surface area contributed by atoms with Crippen LogP contribution in [0.4, 0.5) is 0 Å². The highest BCUT2D eigenvalue weighted by Gasteiger charge is 2.29. The summed E-state index contributed by atoms with van der Waals surface area (Å²) in [6.45, 7) is 14.4. The molecule has 0 aliphatic rings. The maximum atomic E-state index is 2.53. The molecule has 2 rings (SSSR count). The van der Waals surface area contributed by atoms with Gasteiger partial charge < -0.3 is 0 Å². The van der Waals surface area contributed by atoms with E-state index < -0.39 is 16.1 Å². The largest absolute Gasteiger partial charge is 0.0803 e. The predicted octanol–water partition coefficient (Wildman–Crippen LogP) is 4.83. The Morgan fingerprint density at radius 2 is 0.818 bits per heavy atom. The van der Waals surface area contributed by atoms with Gasteiger partial charge >= 0.3 is 0 Å². The molecule has 2 aromatic rings. The zero-order valence-electron chi connectivity index (χ0n) is 15.0. The van der Waals surface area contributed by atoms with E-state index in [-0.39, 0.29) is 0 Å². The van der Waals surface area contributed by atoms with Crippen LogP contribution in [-0.4, -0.2) is 16.1 Å². The van der Waals surface area contributed by atoms with Crippen LogP contribution < -0.4 is 10.4 Å². The second-order valence-electron chi connectivity index (χ2n) is 8.00. The van der Waals surface area contributed by atoms with E-state index in [0.29, 0.717) is 0 Å². The van der Waals surface area contributed by atoms with Gasteiger partial charge in [-0.1, -0.05) is 108 Å². The Hall–Kier alpha value is -1.13. The van der Waals surface area contributed by atoms with Gasteiger partial charge in [0.1, 0.15) is 0 Å². The lowest BCUT2D eigenvalue weighted by Gasteiger charge is -2.29. The molecule has 0 saturated heterocycles. The first-order valence-corrected chi connectivity index (χ1v) is 14.8. The van der Waals surface area contributed by atoms with Gasteiger partial charge in [-0.15, -0.1) is 0 Å². The summed E-state index contributed by atoms with van der Waals surface area (Å²) >= 11 is 0. The molecule has 0 unspecified atom stereocenters. The number of benzene rings is 2. The molecule has 0 nitrogen and oxygen atoms in total. The summed E-state index contributed by atoms with van der Waals surface area (Å²) in [6, 6.07) is 21.3. The molecule has 22 heavy (non-hydrogen) atoms. The molecule has 0 radical (unpaired) electrons. The third-order valence-corrected chi connectivity index (χ3v) is 12.3. The van der Waals surface area contributed by atoms with Crippen molar-refractivity contribution in [1.29, 1.82) is 0 Å². The van der Waals surface area contributed by atoms with E-state index in [0.717, 1.165) is 0 Å². The Morgan fingerprint density at radius 1 is 0.545 bits per heavy atom. The molecule has 0 aliphatic carbocycles. The van der Waals surface area contributed by atoms with Gasteiger partial charge in [0.15, 0.2) is 0 Å². The number of rotatable bonds is 5. The molecule has 0 fully saturated rings. The zero-order chi connectivity index (χ0) is 16.4. The summed E-state index contributed by atoms with van der Waals surface area (Å²) in [4.78, 5) is 0. The topological polar surface area (TPSA) is 0 Å². The lowest BCUT2D eigenvalue weighted by atomic mass is 10.2. The Balaban J connectivity index is 2.10. The van der Waals surface area contributed by atoms with Crippen LogP contribution in [0.5, 0.6) is 0 Å². The van der Waals surface area contributed by atoms with Crippen molar-refractivity contribution < 1.29 is 0 Å². The summed E-state index contributed by atoms with van der Waals surface area (Å²) < 4.78 is 0. The minimum absolute atomic E-state index is 1.32. The average molecular weight is 327 g/mol. The van der Waals surface area contributed by atoms with Crippen LogP contribution in [-0.2, 0) is 0 Å². The van der Waals surface area contributed by atoms with Crippen molar-refractivity contribution in [3.63, 3.8) is 0 Å². The summed E-state index contributed by atoms with van der Waals surface area (Å²) in [5.41, 5.74) is 2.73. The first-order valence-electron chi connectivity index (χ1n) is 8.35. The normalized spacial score (nSPS) is 12.5. The Morgan fingerprint density at radius 3 is 1.09 bits per heavy atom.